The maximum absolute atomic E-state index is 12.1. The number of morpholine rings is 1. The fourth-order valence-electron chi connectivity index (χ4n) is 1.86. The highest BCUT2D eigenvalue weighted by Gasteiger charge is 2.29. The zero-order valence-electron chi connectivity index (χ0n) is 13.1. The summed E-state index contributed by atoms with van der Waals surface area (Å²) in [5.74, 6) is -0.681. The van der Waals surface area contributed by atoms with Crippen molar-refractivity contribution in [2.45, 2.75) is 33.3 Å². The summed E-state index contributed by atoms with van der Waals surface area (Å²) >= 11 is 0. The summed E-state index contributed by atoms with van der Waals surface area (Å²) in [7, 11) is 1.29. The number of nitrogens with zero attached hydrogens (tertiary/aromatic N) is 1. The van der Waals surface area contributed by atoms with E-state index in [0.29, 0.717) is 13.2 Å². The molecule has 0 bridgehead atoms. The number of rotatable bonds is 4. The summed E-state index contributed by atoms with van der Waals surface area (Å²) < 4.78 is 9.87. The Kier molecular flexibility index (Phi) is 6.14. The van der Waals surface area contributed by atoms with Gasteiger partial charge in [0.1, 0.15) is 0 Å². The second-order valence-electron chi connectivity index (χ2n) is 5.98. The van der Waals surface area contributed by atoms with E-state index >= 15 is 0 Å². The SMILES string of the molecule is COC(=O)C1CN(C(=O)CCNC(=O)C(C)(C)C)CCO1. The number of amides is 2. The molecule has 0 saturated carbocycles. The topological polar surface area (TPSA) is 84.9 Å². The van der Waals surface area contributed by atoms with Crippen molar-refractivity contribution in [1.29, 1.82) is 0 Å². The normalized spacial score (nSPS) is 19.0. The van der Waals surface area contributed by atoms with Gasteiger partial charge in [-0.1, -0.05) is 20.8 Å². The Morgan fingerprint density at radius 3 is 2.57 bits per heavy atom. The molecule has 0 aromatic carbocycles. The Morgan fingerprint density at radius 1 is 1.33 bits per heavy atom. The van der Waals surface area contributed by atoms with Crippen LogP contribution in [0.3, 0.4) is 0 Å². The van der Waals surface area contributed by atoms with E-state index < -0.39 is 17.5 Å². The summed E-state index contributed by atoms with van der Waals surface area (Å²) in [6.07, 6.45) is -0.521. The van der Waals surface area contributed by atoms with Gasteiger partial charge in [0.05, 0.1) is 20.3 Å². The Labute approximate surface area is 124 Å². The maximum Gasteiger partial charge on any atom is 0.336 e. The maximum atomic E-state index is 12.1. The van der Waals surface area contributed by atoms with Gasteiger partial charge < -0.3 is 19.7 Å². The lowest BCUT2D eigenvalue weighted by atomic mass is 9.96. The molecule has 1 N–H and O–H groups in total. The first-order valence-corrected chi connectivity index (χ1v) is 7.01. The molecule has 1 aliphatic rings. The number of nitrogens with one attached hydrogen (secondary N) is 1. The minimum absolute atomic E-state index is 0.0929. The Balaban J connectivity index is 2.38. The molecule has 21 heavy (non-hydrogen) atoms. The fraction of sp³-hybridized carbons (Fsp3) is 0.786. The molecule has 1 heterocycles. The number of esters is 1. The number of hydrogen-bond donors (Lipinski definition) is 1. The van der Waals surface area contributed by atoms with Crippen molar-refractivity contribution < 1.29 is 23.9 Å². The Morgan fingerprint density at radius 2 is 2.00 bits per heavy atom. The molecule has 7 heteroatoms. The summed E-state index contributed by atoms with van der Waals surface area (Å²) in [6.45, 7) is 6.67. The van der Waals surface area contributed by atoms with Gasteiger partial charge in [-0.05, 0) is 0 Å². The van der Waals surface area contributed by atoms with Gasteiger partial charge in [0.2, 0.25) is 11.8 Å². The standard InChI is InChI=1S/C14H24N2O5/c1-14(2,3)13(19)15-6-5-11(17)16-7-8-21-10(9-16)12(18)20-4/h10H,5-9H2,1-4H3,(H,15,19). The van der Waals surface area contributed by atoms with Gasteiger partial charge in [0, 0.05) is 24.9 Å². The van der Waals surface area contributed by atoms with Crippen molar-refractivity contribution >= 4 is 17.8 Å². The lowest BCUT2D eigenvalue weighted by molar-refractivity contribution is -0.162. The first-order chi connectivity index (χ1) is 9.75. The van der Waals surface area contributed by atoms with E-state index in [4.69, 9.17) is 4.74 Å². The highest BCUT2D eigenvalue weighted by molar-refractivity contribution is 5.83. The van der Waals surface area contributed by atoms with Crippen LogP contribution in [0.1, 0.15) is 27.2 Å². The molecular formula is C14H24N2O5. The van der Waals surface area contributed by atoms with Gasteiger partial charge in [-0.2, -0.15) is 0 Å². The summed E-state index contributed by atoms with van der Waals surface area (Å²) in [5.41, 5.74) is -0.474. The third-order valence-electron chi connectivity index (χ3n) is 3.19. The van der Waals surface area contributed by atoms with Crippen LogP contribution < -0.4 is 5.32 Å². The van der Waals surface area contributed by atoms with E-state index in [-0.39, 0.29) is 31.3 Å². The predicted octanol–water partition coefficient (Wildman–Crippen LogP) is -0.0608. The van der Waals surface area contributed by atoms with E-state index in [1.165, 1.54) is 7.11 Å². The minimum Gasteiger partial charge on any atom is -0.467 e. The molecule has 0 radical (unpaired) electrons. The molecule has 1 aliphatic heterocycles. The smallest absolute Gasteiger partial charge is 0.336 e. The zero-order chi connectivity index (χ0) is 16.0. The third-order valence-corrected chi connectivity index (χ3v) is 3.19. The molecule has 0 aliphatic carbocycles. The van der Waals surface area contributed by atoms with E-state index in [2.05, 4.69) is 10.1 Å². The summed E-state index contributed by atoms with van der Waals surface area (Å²) in [5, 5.41) is 2.73. The van der Waals surface area contributed by atoms with Crippen molar-refractivity contribution in [3.05, 3.63) is 0 Å². The first-order valence-electron chi connectivity index (χ1n) is 7.01. The van der Waals surface area contributed by atoms with Crippen molar-refractivity contribution in [1.82, 2.24) is 10.2 Å². The number of methoxy groups -OCH3 is 1. The average Bonchev–Trinajstić information content (AvgIpc) is 2.45. The largest absolute Gasteiger partial charge is 0.467 e. The first kappa shape index (κ1) is 17.4. The quantitative estimate of drug-likeness (QED) is 0.735. The van der Waals surface area contributed by atoms with Crippen LogP contribution in [0.5, 0.6) is 0 Å². The molecule has 120 valence electrons. The predicted molar refractivity (Wildman–Crippen MR) is 75.4 cm³/mol. The van der Waals surface area contributed by atoms with Gasteiger partial charge in [0.25, 0.3) is 0 Å². The van der Waals surface area contributed by atoms with E-state index in [1.807, 2.05) is 20.8 Å². The van der Waals surface area contributed by atoms with Crippen LogP contribution in [0.4, 0.5) is 0 Å². The van der Waals surface area contributed by atoms with Crippen LogP contribution in [-0.4, -0.2) is 62.1 Å². The minimum atomic E-state index is -0.725. The molecule has 0 spiro atoms. The molecule has 1 atom stereocenters. The number of hydrogen-bond acceptors (Lipinski definition) is 5. The number of ether oxygens (including phenoxy) is 2. The van der Waals surface area contributed by atoms with Gasteiger partial charge >= 0.3 is 5.97 Å². The second kappa shape index (κ2) is 7.40. The monoisotopic (exact) mass is 300 g/mol. The van der Waals surface area contributed by atoms with Crippen molar-refractivity contribution in [3.8, 4) is 0 Å². The average molecular weight is 300 g/mol. The molecule has 1 unspecified atom stereocenters. The van der Waals surface area contributed by atoms with Crippen LogP contribution >= 0.6 is 0 Å². The van der Waals surface area contributed by atoms with Gasteiger partial charge in [-0.3, -0.25) is 9.59 Å². The molecular weight excluding hydrogens is 276 g/mol. The molecule has 1 saturated heterocycles. The zero-order valence-corrected chi connectivity index (χ0v) is 13.1. The van der Waals surface area contributed by atoms with E-state index in [0.717, 1.165) is 0 Å². The lowest BCUT2D eigenvalue weighted by Gasteiger charge is -2.31. The molecule has 0 aromatic rings. The van der Waals surface area contributed by atoms with Gasteiger partial charge in [-0.15, -0.1) is 0 Å². The van der Waals surface area contributed by atoms with Gasteiger partial charge in [-0.25, -0.2) is 4.79 Å². The van der Waals surface area contributed by atoms with Crippen LogP contribution in [0.2, 0.25) is 0 Å². The fourth-order valence-corrected chi connectivity index (χ4v) is 1.86. The Hall–Kier alpha value is -1.63. The summed E-state index contributed by atoms with van der Waals surface area (Å²) in [6, 6.07) is 0. The molecule has 0 aromatic heterocycles. The second-order valence-corrected chi connectivity index (χ2v) is 5.98. The lowest BCUT2D eigenvalue weighted by Crippen LogP contribution is -2.49. The molecule has 1 rings (SSSR count). The van der Waals surface area contributed by atoms with E-state index in [1.54, 1.807) is 4.90 Å². The number of carbonyl (C=O) groups is 3. The third kappa shape index (κ3) is 5.34. The summed E-state index contributed by atoms with van der Waals surface area (Å²) in [4.78, 5) is 36.7. The van der Waals surface area contributed by atoms with Crippen LogP contribution in [0, 0.1) is 5.41 Å². The molecule has 2 amide bonds. The van der Waals surface area contributed by atoms with Gasteiger partial charge in [0.15, 0.2) is 6.10 Å². The van der Waals surface area contributed by atoms with Crippen molar-refractivity contribution in [2.24, 2.45) is 5.41 Å². The van der Waals surface area contributed by atoms with Crippen LogP contribution in [0.25, 0.3) is 0 Å². The van der Waals surface area contributed by atoms with Crippen LogP contribution in [-0.2, 0) is 23.9 Å². The van der Waals surface area contributed by atoms with Crippen LogP contribution in [0.15, 0.2) is 0 Å². The van der Waals surface area contributed by atoms with E-state index in [9.17, 15) is 14.4 Å². The highest BCUT2D eigenvalue weighted by atomic mass is 16.6. The number of carbonyl (C=O) groups excluding carboxylic acids is 3. The molecule has 7 nitrogen and oxygen atoms in total. The Bertz CT molecular complexity index is 403. The van der Waals surface area contributed by atoms with Crippen molar-refractivity contribution in [2.75, 3.05) is 33.4 Å². The highest BCUT2D eigenvalue weighted by Crippen LogP contribution is 2.12. The van der Waals surface area contributed by atoms with Crippen molar-refractivity contribution in [3.63, 3.8) is 0 Å². The molecule has 1 fully saturated rings.